The van der Waals surface area contributed by atoms with E-state index >= 15 is 0 Å². The zero-order valence-electron chi connectivity index (χ0n) is 30.9. The quantitative estimate of drug-likeness (QED) is 0.165. The number of hydrogen-bond acceptors (Lipinski definition) is 2. The van der Waals surface area contributed by atoms with Gasteiger partial charge in [0.25, 0.3) is 0 Å². The number of benzene rings is 10. The summed E-state index contributed by atoms with van der Waals surface area (Å²) in [5.41, 5.74) is 10.9. The Labute approximate surface area is 328 Å². The van der Waals surface area contributed by atoms with Crippen molar-refractivity contribution in [3.05, 3.63) is 206 Å². The van der Waals surface area contributed by atoms with Crippen LogP contribution in [0.2, 0.25) is 0 Å². The number of aromatic nitrogens is 1. The molecule has 0 radical (unpaired) electrons. The Morgan fingerprint density at radius 1 is 0.368 bits per heavy atom. The molecule has 266 valence electrons. The third-order valence-electron chi connectivity index (χ3n) is 11.7. The van der Waals surface area contributed by atoms with Gasteiger partial charge in [-0.25, -0.2) is 0 Å². The molecule has 0 aliphatic rings. The first-order valence-electron chi connectivity index (χ1n) is 19.5. The van der Waals surface area contributed by atoms with Crippen molar-refractivity contribution in [3.63, 3.8) is 0 Å². The van der Waals surface area contributed by atoms with Crippen molar-refractivity contribution in [2.24, 2.45) is 0 Å². The van der Waals surface area contributed by atoms with Gasteiger partial charge in [-0.1, -0.05) is 140 Å². The maximum atomic E-state index is 6.70. The molecular weight excluding hydrogens is 693 g/mol. The summed E-state index contributed by atoms with van der Waals surface area (Å²) in [6.45, 7) is 0. The van der Waals surface area contributed by atoms with Crippen LogP contribution < -0.4 is 4.90 Å². The van der Waals surface area contributed by atoms with Crippen LogP contribution in [0.1, 0.15) is 0 Å². The fraction of sp³-hybridized carbons (Fsp3) is 0. The Morgan fingerprint density at radius 2 is 0.965 bits per heavy atom. The minimum atomic E-state index is 0.869. The largest absolute Gasteiger partial charge is 0.455 e. The predicted octanol–water partition coefficient (Wildman–Crippen LogP) is 15.3. The Hall–Kier alpha value is -7.62. The normalized spacial score (nSPS) is 11.9. The van der Waals surface area contributed by atoms with Gasteiger partial charge in [-0.05, 0) is 105 Å². The summed E-state index contributed by atoms with van der Waals surface area (Å²) in [7, 11) is 0. The first kappa shape index (κ1) is 31.7. The topological polar surface area (TPSA) is 21.3 Å². The second kappa shape index (κ2) is 12.5. The smallest absolute Gasteiger partial charge is 0.143 e. The lowest BCUT2D eigenvalue weighted by atomic mass is 10.00. The van der Waals surface area contributed by atoms with E-state index in [0.29, 0.717) is 0 Å². The first-order valence-corrected chi connectivity index (χ1v) is 19.5. The van der Waals surface area contributed by atoms with Crippen LogP contribution in [0.3, 0.4) is 0 Å². The molecule has 0 amide bonds. The van der Waals surface area contributed by atoms with Crippen molar-refractivity contribution in [1.29, 1.82) is 0 Å². The molecule has 0 saturated carbocycles. The van der Waals surface area contributed by atoms with Crippen LogP contribution in [0.25, 0.3) is 92.9 Å². The summed E-state index contributed by atoms with van der Waals surface area (Å²) in [4.78, 5) is 2.39. The molecular formula is C54H34N2O. The molecule has 2 aromatic heterocycles. The van der Waals surface area contributed by atoms with E-state index in [1.54, 1.807) is 0 Å². The average Bonchev–Trinajstić information content (AvgIpc) is 3.84. The fourth-order valence-corrected chi connectivity index (χ4v) is 9.11. The second-order valence-corrected chi connectivity index (χ2v) is 14.9. The summed E-state index contributed by atoms with van der Waals surface area (Å²) in [6, 6.07) is 74.5. The number of hydrogen-bond donors (Lipinski definition) is 0. The van der Waals surface area contributed by atoms with Gasteiger partial charge in [-0.2, -0.15) is 0 Å². The summed E-state index contributed by atoms with van der Waals surface area (Å²) in [5.74, 6) is 0. The summed E-state index contributed by atoms with van der Waals surface area (Å²) >= 11 is 0. The van der Waals surface area contributed by atoms with Gasteiger partial charge in [0.2, 0.25) is 0 Å². The Kier molecular flexibility index (Phi) is 6.93. The van der Waals surface area contributed by atoms with E-state index in [1.165, 1.54) is 54.3 Å². The SMILES string of the molecule is c1cc(-c2ccc(N(c3ccc4ccc5ccccc5c4c3)c3cccc4oc5c6ccccc6ccc5c34)cc2)cc(-n2c3ccccc3c3ccccc32)c1. The number of nitrogens with zero attached hydrogens (tertiary/aromatic N) is 2. The highest BCUT2D eigenvalue weighted by atomic mass is 16.3. The summed E-state index contributed by atoms with van der Waals surface area (Å²) in [5, 5.41) is 11.9. The number of para-hydroxylation sites is 2. The molecule has 0 saturated heterocycles. The van der Waals surface area contributed by atoms with E-state index in [4.69, 9.17) is 4.42 Å². The molecule has 3 heteroatoms. The average molecular weight is 727 g/mol. The van der Waals surface area contributed by atoms with Gasteiger partial charge in [0.05, 0.1) is 22.1 Å². The number of anilines is 3. The molecule has 0 aliphatic carbocycles. The zero-order valence-corrected chi connectivity index (χ0v) is 30.9. The highest BCUT2D eigenvalue weighted by Crippen LogP contribution is 2.45. The van der Waals surface area contributed by atoms with Gasteiger partial charge >= 0.3 is 0 Å². The van der Waals surface area contributed by atoms with Gasteiger partial charge in [0, 0.05) is 38.6 Å². The lowest BCUT2D eigenvalue weighted by Gasteiger charge is -2.27. The third-order valence-corrected chi connectivity index (χ3v) is 11.7. The molecule has 10 aromatic carbocycles. The predicted molar refractivity (Wildman–Crippen MR) is 241 cm³/mol. The minimum absolute atomic E-state index is 0.869. The van der Waals surface area contributed by atoms with E-state index in [9.17, 15) is 0 Å². The van der Waals surface area contributed by atoms with Crippen molar-refractivity contribution in [1.82, 2.24) is 4.57 Å². The minimum Gasteiger partial charge on any atom is -0.455 e. The monoisotopic (exact) mass is 726 g/mol. The molecule has 0 atom stereocenters. The van der Waals surface area contributed by atoms with Gasteiger partial charge in [0.15, 0.2) is 0 Å². The number of fused-ring (bicyclic) bond motifs is 11. The van der Waals surface area contributed by atoms with E-state index in [0.717, 1.165) is 55.6 Å². The van der Waals surface area contributed by atoms with Crippen LogP contribution in [-0.4, -0.2) is 4.57 Å². The van der Waals surface area contributed by atoms with Crippen molar-refractivity contribution in [3.8, 4) is 16.8 Å². The molecule has 0 spiro atoms. The van der Waals surface area contributed by atoms with Crippen LogP contribution in [0.4, 0.5) is 17.1 Å². The lowest BCUT2D eigenvalue weighted by molar-refractivity contribution is 0.672. The van der Waals surface area contributed by atoms with Gasteiger partial charge in [0.1, 0.15) is 11.2 Å². The van der Waals surface area contributed by atoms with Crippen LogP contribution in [-0.2, 0) is 0 Å². The lowest BCUT2D eigenvalue weighted by Crippen LogP contribution is -2.10. The third kappa shape index (κ3) is 4.92. The maximum absolute atomic E-state index is 6.70. The van der Waals surface area contributed by atoms with Gasteiger partial charge in [-0.3, -0.25) is 0 Å². The Balaban J connectivity index is 1.04. The molecule has 57 heavy (non-hydrogen) atoms. The molecule has 0 bridgehead atoms. The zero-order chi connectivity index (χ0) is 37.5. The van der Waals surface area contributed by atoms with E-state index in [-0.39, 0.29) is 0 Å². The van der Waals surface area contributed by atoms with E-state index in [1.807, 2.05) is 0 Å². The highest BCUT2D eigenvalue weighted by molar-refractivity contribution is 6.20. The van der Waals surface area contributed by atoms with Crippen LogP contribution in [0, 0.1) is 0 Å². The Bertz CT molecular complexity index is 3480. The molecule has 12 aromatic rings. The van der Waals surface area contributed by atoms with Crippen molar-refractivity contribution >= 4 is 93.1 Å². The maximum Gasteiger partial charge on any atom is 0.143 e. The van der Waals surface area contributed by atoms with E-state index in [2.05, 4.69) is 216 Å². The molecule has 0 aliphatic heterocycles. The van der Waals surface area contributed by atoms with Crippen LogP contribution >= 0.6 is 0 Å². The van der Waals surface area contributed by atoms with Gasteiger partial charge in [-0.15, -0.1) is 0 Å². The number of furan rings is 1. The molecule has 0 unspecified atom stereocenters. The van der Waals surface area contributed by atoms with E-state index < -0.39 is 0 Å². The molecule has 12 rings (SSSR count). The second-order valence-electron chi connectivity index (χ2n) is 14.9. The van der Waals surface area contributed by atoms with Crippen LogP contribution in [0.15, 0.2) is 211 Å². The standard InChI is InChI=1S/C54H34N2O/c1-3-15-43-36(11-1)23-24-38-27-31-42(34-48(38)43)55(51-21-10-22-52-53(51)47-32-28-37-12-2-4-16-44(37)54(47)57-52)40-29-25-35(26-30-40)39-13-9-14-41(33-39)56-49-19-7-5-17-45(49)46-18-6-8-20-50(46)56/h1-34H. The van der Waals surface area contributed by atoms with Crippen molar-refractivity contribution < 1.29 is 4.42 Å². The van der Waals surface area contributed by atoms with Crippen LogP contribution in [0.5, 0.6) is 0 Å². The Morgan fingerprint density at radius 3 is 1.74 bits per heavy atom. The molecule has 2 heterocycles. The summed E-state index contributed by atoms with van der Waals surface area (Å²) in [6.07, 6.45) is 0. The summed E-state index contributed by atoms with van der Waals surface area (Å²) < 4.78 is 9.08. The fourth-order valence-electron chi connectivity index (χ4n) is 9.11. The van der Waals surface area contributed by atoms with Crippen molar-refractivity contribution in [2.75, 3.05) is 4.90 Å². The van der Waals surface area contributed by atoms with Crippen molar-refractivity contribution in [2.45, 2.75) is 0 Å². The number of rotatable bonds is 5. The molecule has 3 nitrogen and oxygen atoms in total. The highest BCUT2D eigenvalue weighted by Gasteiger charge is 2.21. The molecule has 0 N–H and O–H groups in total. The first-order chi connectivity index (χ1) is 28.3. The van der Waals surface area contributed by atoms with Gasteiger partial charge < -0.3 is 13.9 Å². The molecule has 0 fully saturated rings.